The summed E-state index contributed by atoms with van der Waals surface area (Å²) in [6, 6.07) is 20.2. The van der Waals surface area contributed by atoms with E-state index in [0.717, 1.165) is 22.4 Å². The van der Waals surface area contributed by atoms with Gasteiger partial charge in [-0.2, -0.15) is 0 Å². The van der Waals surface area contributed by atoms with Gasteiger partial charge in [0.1, 0.15) is 11.9 Å². The molecule has 0 saturated carbocycles. The van der Waals surface area contributed by atoms with Crippen LogP contribution in [0.2, 0.25) is 0 Å². The van der Waals surface area contributed by atoms with Gasteiger partial charge in [-0.15, -0.1) is 0 Å². The van der Waals surface area contributed by atoms with E-state index in [1.54, 1.807) is 48.7 Å². The first-order valence-electron chi connectivity index (χ1n) is 16.9. The number of nitrogens with one attached hydrogen (secondary N) is 2. The van der Waals surface area contributed by atoms with Gasteiger partial charge in [-0.1, -0.05) is 17.8 Å². The second kappa shape index (κ2) is 16.4. The molecule has 0 radical (unpaired) electrons. The third kappa shape index (κ3) is 7.98. The SMILES string of the molecule is C=C(CCCOc1ccc(C2NC(=O)c3cc(OC)ccc3N2)cc1OC)Oc1cc(C2=NOC(c3cc(OC)c(OC)c(OC)c3)C2)ccc1OC. The van der Waals surface area contributed by atoms with Gasteiger partial charge >= 0.3 is 0 Å². The molecule has 2 atom stereocenters. The lowest BCUT2D eigenvalue weighted by atomic mass is 9.99. The number of rotatable bonds is 16. The van der Waals surface area contributed by atoms with Crippen molar-refractivity contribution in [2.24, 2.45) is 5.16 Å². The molecule has 53 heavy (non-hydrogen) atoms. The Morgan fingerprint density at radius 3 is 2.17 bits per heavy atom. The Hall–Kier alpha value is -6.24. The molecule has 2 N–H and O–H groups in total. The number of amides is 1. The van der Waals surface area contributed by atoms with Crippen molar-refractivity contribution in [2.45, 2.75) is 31.5 Å². The number of hydrogen-bond acceptors (Lipinski definition) is 12. The maximum atomic E-state index is 12.8. The number of hydrogen-bond donors (Lipinski definition) is 2. The summed E-state index contributed by atoms with van der Waals surface area (Å²) in [5.41, 5.74) is 4.47. The highest BCUT2D eigenvalue weighted by Crippen LogP contribution is 2.43. The fraction of sp³-hybridized carbons (Fsp3) is 0.300. The molecule has 1 amide bonds. The van der Waals surface area contributed by atoms with Crippen molar-refractivity contribution in [1.29, 1.82) is 0 Å². The predicted molar refractivity (Wildman–Crippen MR) is 198 cm³/mol. The van der Waals surface area contributed by atoms with Crippen molar-refractivity contribution in [3.8, 4) is 46.0 Å². The highest BCUT2D eigenvalue weighted by molar-refractivity contribution is 6.02. The summed E-state index contributed by atoms with van der Waals surface area (Å²) in [7, 11) is 9.44. The fourth-order valence-corrected chi connectivity index (χ4v) is 6.12. The molecule has 13 heteroatoms. The third-order valence-corrected chi connectivity index (χ3v) is 8.90. The summed E-state index contributed by atoms with van der Waals surface area (Å²) in [4.78, 5) is 18.7. The zero-order valence-corrected chi connectivity index (χ0v) is 30.6. The Labute approximate surface area is 308 Å². The number of oxime groups is 1. The van der Waals surface area contributed by atoms with Crippen molar-refractivity contribution in [1.82, 2.24) is 5.32 Å². The smallest absolute Gasteiger partial charge is 0.255 e. The Morgan fingerprint density at radius 1 is 0.755 bits per heavy atom. The molecule has 2 aliphatic rings. The van der Waals surface area contributed by atoms with E-state index in [4.69, 9.17) is 42.7 Å². The first kappa shape index (κ1) is 36.5. The van der Waals surface area contributed by atoms with Crippen LogP contribution in [0.4, 0.5) is 5.69 Å². The lowest BCUT2D eigenvalue weighted by Gasteiger charge is -2.28. The van der Waals surface area contributed by atoms with Crippen LogP contribution in [0, 0.1) is 0 Å². The maximum Gasteiger partial charge on any atom is 0.255 e. The van der Waals surface area contributed by atoms with Crippen LogP contribution in [-0.4, -0.2) is 60.9 Å². The summed E-state index contributed by atoms with van der Waals surface area (Å²) in [6.07, 6.45) is 0.885. The van der Waals surface area contributed by atoms with Crippen LogP contribution in [0.15, 0.2) is 84.2 Å². The van der Waals surface area contributed by atoms with Gasteiger partial charge in [0.2, 0.25) is 5.75 Å². The van der Waals surface area contributed by atoms with Crippen molar-refractivity contribution >= 4 is 17.3 Å². The summed E-state index contributed by atoms with van der Waals surface area (Å²) in [6.45, 7) is 4.52. The van der Waals surface area contributed by atoms with Crippen LogP contribution in [0.3, 0.4) is 0 Å². The summed E-state index contributed by atoms with van der Waals surface area (Å²) < 4.78 is 45.2. The summed E-state index contributed by atoms with van der Waals surface area (Å²) >= 11 is 0. The van der Waals surface area contributed by atoms with Crippen LogP contribution in [0.1, 0.15) is 58.6 Å². The quantitative estimate of drug-likeness (QED) is 0.0896. The second-order valence-electron chi connectivity index (χ2n) is 12.1. The minimum atomic E-state index is -0.446. The first-order chi connectivity index (χ1) is 25.8. The highest BCUT2D eigenvalue weighted by Gasteiger charge is 2.28. The number of allylic oxidation sites excluding steroid dienone is 1. The van der Waals surface area contributed by atoms with Crippen LogP contribution in [0.25, 0.3) is 0 Å². The predicted octanol–water partition coefficient (Wildman–Crippen LogP) is 7.21. The molecule has 4 aromatic rings. The molecule has 0 fully saturated rings. The van der Waals surface area contributed by atoms with Crippen LogP contribution < -0.4 is 48.5 Å². The molecule has 0 spiro atoms. The molecule has 6 rings (SSSR count). The zero-order chi connectivity index (χ0) is 37.5. The standard InChI is InChI=1S/C40H43N3O10/c1-23(9-8-16-51-32-15-11-25(18-34(32)47-4)39-41-29-13-12-27(45-2)21-28(29)40(44)42-39)52-35-17-24(10-14-31(35)46-3)30-22-33(53-43-30)26-19-36(48-5)38(50-7)37(20-26)49-6/h10-15,17-21,33,39,41H,1,8-9,16,22H2,2-7H3,(H,42,44). The number of methoxy groups -OCH3 is 6. The van der Waals surface area contributed by atoms with Gasteiger partial charge in [0.05, 0.1) is 66.3 Å². The van der Waals surface area contributed by atoms with Gasteiger partial charge in [-0.05, 0) is 72.6 Å². The van der Waals surface area contributed by atoms with Gasteiger partial charge in [0.25, 0.3) is 5.91 Å². The minimum absolute atomic E-state index is 0.198. The van der Waals surface area contributed by atoms with Crippen molar-refractivity contribution in [3.05, 3.63) is 101 Å². The van der Waals surface area contributed by atoms with Crippen LogP contribution in [-0.2, 0) is 4.84 Å². The van der Waals surface area contributed by atoms with E-state index in [1.165, 1.54) is 0 Å². The van der Waals surface area contributed by atoms with Gasteiger partial charge in [0, 0.05) is 29.7 Å². The number of carbonyl (C=O) groups excluding carboxylic acids is 1. The molecular formula is C40H43N3O10. The number of benzene rings is 4. The van der Waals surface area contributed by atoms with Crippen LogP contribution in [0.5, 0.6) is 46.0 Å². The maximum absolute atomic E-state index is 12.8. The molecule has 4 aromatic carbocycles. The van der Waals surface area contributed by atoms with Crippen LogP contribution >= 0.6 is 0 Å². The number of fused-ring (bicyclic) bond motifs is 1. The van der Waals surface area contributed by atoms with E-state index in [1.807, 2.05) is 60.7 Å². The number of anilines is 1. The lowest BCUT2D eigenvalue weighted by Crippen LogP contribution is -2.38. The van der Waals surface area contributed by atoms with E-state index in [-0.39, 0.29) is 12.0 Å². The number of ether oxygens (including phenoxy) is 8. The van der Waals surface area contributed by atoms with Gasteiger partial charge < -0.3 is 53.4 Å². The molecule has 0 aliphatic carbocycles. The Bertz CT molecular complexity index is 1990. The first-order valence-corrected chi connectivity index (χ1v) is 16.9. The summed E-state index contributed by atoms with van der Waals surface area (Å²) in [5, 5.41) is 10.7. The average Bonchev–Trinajstić information content (AvgIpc) is 3.69. The molecule has 2 unspecified atom stereocenters. The molecular weight excluding hydrogens is 682 g/mol. The van der Waals surface area contributed by atoms with E-state index in [9.17, 15) is 4.79 Å². The Balaban J connectivity index is 1.03. The fourth-order valence-electron chi connectivity index (χ4n) is 6.12. The molecule has 0 saturated heterocycles. The largest absolute Gasteiger partial charge is 0.497 e. The monoisotopic (exact) mass is 725 g/mol. The molecule has 2 heterocycles. The molecule has 2 aliphatic heterocycles. The highest BCUT2D eigenvalue weighted by atomic mass is 16.6. The Morgan fingerprint density at radius 2 is 1.47 bits per heavy atom. The van der Waals surface area contributed by atoms with Crippen molar-refractivity contribution in [3.63, 3.8) is 0 Å². The van der Waals surface area contributed by atoms with E-state index in [0.29, 0.717) is 88.9 Å². The number of carbonyl (C=O) groups is 1. The van der Waals surface area contributed by atoms with E-state index >= 15 is 0 Å². The Kier molecular flexibility index (Phi) is 11.3. The minimum Gasteiger partial charge on any atom is -0.497 e. The topological polar surface area (TPSA) is 137 Å². The molecule has 13 nitrogen and oxygen atoms in total. The van der Waals surface area contributed by atoms with Crippen molar-refractivity contribution in [2.75, 3.05) is 54.6 Å². The second-order valence-corrected chi connectivity index (χ2v) is 12.1. The zero-order valence-electron chi connectivity index (χ0n) is 30.6. The third-order valence-electron chi connectivity index (χ3n) is 8.90. The van der Waals surface area contributed by atoms with Crippen molar-refractivity contribution < 1.29 is 47.5 Å². The molecule has 0 aromatic heterocycles. The number of nitrogens with zero attached hydrogens (tertiary/aromatic N) is 1. The summed E-state index contributed by atoms with van der Waals surface area (Å²) in [5.74, 6) is 4.74. The van der Waals surface area contributed by atoms with Gasteiger partial charge in [-0.25, -0.2) is 0 Å². The lowest BCUT2D eigenvalue weighted by molar-refractivity contribution is 0.0853. The van der Waals surface area contributed by atoms with E-state index < -0.39 is 6.17 Å². The molecule has 278 valence electrons. The van der Waals surface area contributed by atoms with Gasteiger partial charge in [0.15, 0.2) is 40.6 Å². The molecule has 0 bridgehead atoms. The average molecular weight is 726 g/mol. The normalized spacial score (nSPS) is 15.8. The van der Waals surface area contributed by atoms with E-state index in [2.05, 4.69) is 22.4 Å². The van der Waals surface area contributed by atoms with Gasteiger partial charge in [-0.3, -0.25) is 4.79 Å².